The number of aromatic nitrogens is 2. The molecule has 0 spiro atoms. The Balaban J connectivity index is 1.84. The number of anilines is 1. The summed E-state index contributed by atoms with van der Waals surface area (Å²) in [4.78, 5) is 14.4. The van der Waals surface area contributed by atoms with Gasteiger partial charge >= 0.3 is 6.03 Å². The van der Waals surface area contributed by atoms with Crippen LogP contribution in [-0.4, -0.2) is 59.1 Å². The maximum Gasteiger partial charge on any atom is 0.319 e. The maximum atomic E-state index is 12.1. The van der Waals surface area contributed by atoms with Crippen molar-refractivity contribution in [1.29, 1.82) is 0 Å². The third kappa shape index (κ3) is 4.20. The molecule has 2 rings (SSSR count). The van der Waals surface area contributed by atoms with Gasteiger partial charge in [-0.3, -0.25) is 9.58 Å². The minimum Gasteiger partial charge on any atom is -0.379 e. The predicted molar refractivity (Wildman–Crippen MR) is 86.0 cm³/mol. The first kappa shape index (κ1) is 16.8. The summed E-state index contributed by atoms with van der Waals surface area (Å²) in [5.41, 5.74) is 0.665. The van der Waals surface area contributed by atoms with Crippen molar-refractivity contribution in [1.82, 2.24) is 20.0 Å². The molecule has 0 radical (unpaired) electrons. The number of hydrogen-bond donors (Lipinski definition) is 2. The second-order valence-corrected chi connectivity index (χ2v) is 5.84. The molecule has 7 heteroatoms. The van der Waals surface area contributed by atoms with Gasteiger partial charge in [0.25, 0.3) is 0 Å². The van der Waals surface area contributed by atoms with E-state index in [-0.39, 0.29) is 11.6 Å². The Morgan fingerprint density at radius 2 is 2.14 bits per heavy atom. The number of aryl methyl sites for hydroxylation is 1. The van der Waals surface area contributed by atoms with Crippen LogP contribution in [0.1, 0.15) is 27.2 Å². The zero-order chi connectivity index (χ0) is 16.0. The van der Waals surface area contributed by atoms with E-state index in [2.05, 4.69) is 34.5 Å². The normalized spacial score (nSPS) is 18.7. The Hall–Kier alpha value is -1.60. The minimum atomic E-state index is -0.191. The summed E-state index contributed by atoms with van der Waals surface area (Å²) >= 11 is 0. The molecule has 1 atom stereocenters. The number of nitrogens with one attached hydrogen (secondary N) is 2. The van der Waals surface area contributed by atoms with Crippen molar-refractivity contribution < 1.29 is 9.53 Å². The van der Waals surface area contributed by atoms with E-state index in [1.54, 1.807) is 10.9 Å². The Labute approximate surface area is 132 Å². The van der Waals surface area contributed by atoms with Crippen LogP contribution in [0.15, 0.2) is 12.4 Å². The molecule has 2 N–H and O–H groups in total. The molecular weight excluding hydrogens is 282 g/mol. The van der Waals surface area contributed by atoms with Gasteiger partial charge in [-0.1, -0.05) is 6.92 Å². The van der Waals surface area contributed by atoms with Crippen LogP contribution >= 0.6 is 0 Å². The van der Waals surface area contributed by atoms with Gasteiger partial charge in [-0.25, -0.2) is 4.79 Å². The third-order valence-electron chi connectivity index (χ3n) is 4.38. The minimum absolute atomic E-state index is 0.0469. The van der Waals surface area contributed by atoms with E-state index < -0.39 is 0 Å². The van der Waals surface area contributed by atoms with Crippen LogP contribution in [0.2, 0.25) is 0 Å². The van der Waals surface area contributed by atoms with E-state index in [9.17, 15) is 4.79 Å². The number of morpholine rings is 1. The highest BCUT2D eigenvalue weighted by Crippen LogP contribution is 2.20. The van der Waals surface area contributed by atoms with Gasteiger partial charge in [0.15, 0.2) is 0 Å². The van der Waals surface area contributed by atoms with Gasteiger partial charge in [0.2, 0.25) is 0 Å². The molecule has 1 aliphatic heterocycles. The maximum absolute atomic E-state index is 12.1. The van der Waals surface area contributed by atoms with Gasteiger partial charge < -0.3 is 15.4 Å². The van der Waals surface area contributed by atoms with Crippen LogP contribution in [0, 0.1) is 0 Å². The molecule has 0 aliphatic carbocycles. The lowest BCUT2D eigenvalue weighted by Gasteiger charge is -2.43. The summed E-state index contributed by atoms with van der Waals surface area (Å²) in [6, 6.07) is -0.191. The molecule has 1 saturated heterocycles. The molecule has 0 aromatic carbocycles. The Morgan fingerprint density at radius 3 is 2.73 bits per heavy atom. The largest absolute Gasteiger partial charge is 0.379 e. The number of rotatable bonds is 6. The number of amides is 2. The third-order valence-corrected chi connectivity index (χ3v) is 4.38. The van der Waals surface area contributed by atoms with Gasteiger partial charge in [-0.05, 0) is 20.3 Å². The highest BCUT2D eigenvalue weighted by molar-refractivity contribution is 5.88. The molecule has 1 aromatic rings. The summed E-state index contributed by atoms with van der Waals surface area (Å²) in [6.45, 7) is 11.1. The second kappa shape index (κ2) is 7.60. The molecule has 0 bridgehead atoms. The van der Waals surface area contributed by atoms with Crippen molar-refractivity contribution in [3.63, 3.8) is 0 Å². The van der Waals surface area contributed by atoms with E-state index >= 15 is 0 Å². The fourth-order valence-corrected chi connectivity index (χ4v) is 2.61. The van der Waals surface area contributed by atoms with Crippen LogP contribution in [0.4, 0.5) is 10.5 Å². The molecule has 22 heavy (non-hydrogen) atoms. The molecule has 1 unspecified atom stereocenters. The van der Waals surface area contributed by atoms with Gasteiger partial charge in [-0.2, -0.15) is 5.10 Å². The van der Waals surface area contributed by atoms with Crippen molar-refractivity contribution in [2.24, 2.45) is 0 Å². The fourth-order valence-electron chi connectivity index (χ4n) is 2.61. The zero-order valence-electron chi connectivity index (χ0n) is 13.8. The first-order valence-corrected chi connectivity index (χ1v) is 7.97. The van der Waals surface area contributed by atoms with Crippen LogP contribution in [0.25, 0.3) is 0 Å². The quantitative estimate of drug-likeness (QED) is 0.836. The highest BCUT2D eigenvalue weighted by atomic mass is 16.5. The van der Waals surface area contributed by atoms with Crippen molar-refractivity contribution in [3.8, 4) is 0 Å². The predicted octanol–water partition coefficient (Wildman–Crippen LogP) is 1.53. The van der Waals surface area contributed by atoms with Crippen molar-refractivity contribution in [3.05, 3.63) is 12.4 Å². The summed E-state index contributed by atoms with van der Waals surface area (Å²) < 4.78 is 7.18. The topological polar surface area (TPSA) is 71.4 Å². The number of urea groups is 1. The van der Waals surface area contributed by atoms with Gasteiger partial charge in [0.05, 0.1) is 25.1 Å². The lowest BCUT2D eigenvalue weighted by molar-refractivity contribution is -0.0163. The first-order valence-electron chi connectivity index (χ1n) is 7.97. The summed E-state index contributed by atoms with van der Waals surface area (Å²) in [5.74, 6) is 0. The molecule has 1 aliphatic rings. The van der Waals surface area contributed by atoms with Crippen molar-refractivity contribution in [2.45, 2.75) is 39.3 Å². The van der Waals surface area contributed by atoms with Crippen molar-refractivity contribution >= 4 is 11.7 Å². The monoisotopic (exact) mass is 309 g/mol. The van der Waals surface area contributed by atoms with Crippen molar-refractivity contribution in [2.75, 3.05) is 38.2 Å². The summed E-state index contributed by atoms with van der Waals surface area (Å²) in [6.07, 6.45) is 4.45. The van der Waals surface area contributed by atoms with Crippen LogP contribution < -0.4 is 10.6 Å². The van der Waals surface area contributed by atoms with Gasteiger partial charge in [0.1, 0.15) is 0 Å². The number of ether oxygens (including phenoxy) is 1. The SMILES string of the molecule is CCn1cc(NC(=O)NCC(C)(CC)N2CCOCC2)cn1. The molecule has 2 heterocycles. The molecule has 7 nitrogen and oxygen atoms in total. The van der Waals surface area contributed by atoms with E-state index in [0.717, 1.165) is 39.3 Å². The summed E-state index contributed by atoms with van der Waals surface area (Å²) in [7, 11) is 0. The molecule has 1 fully saturated rings. The molecular formula is C15H27N5O2. The first-order chi connectivity index (χ1) is 10.6. The Kier molecular flexibility index (Phi) is 5.79. The van der Waals surface area contributed by atoms with Gasteiger partial charge in [0, 0.05) is 37.9 Å². The fraction of sp³-hybridized carbons (Fsp3) is 0.733. The number of carbonyl (C=O) groups excluding carboxylic acids is 1. The second-order valence-electron chi connectivity index (χ2n) is 5.84. The lowest BCUT2D eigenvalue weighted by atomic mass is 9.95. The molecule has 124 valence electrons. The van der Waals surface area contributed by atoms with Crippen LogP contribution in [-0.2, 0) is 11.3 Å². The number of carbonyl (C=O) groups is 1. The van der Waals surface area contributed by atoms with Crippen LogP contribution in [0.3, 0.4) is 0 Å². The average Bonchev–Trinajstić information content (AvgIpc) is 3.01. The summed E-state index contributed by atoms with van der Waals surface area (Å²) in [5, 5.41) is 9.94. The highest BCUT2D eigenvalue weighted by Gasteiger charge is 2.31. The van der Waals surface area contributed by atoms with E-state index in [4.69, 9.17) is 4.74 Å². The van der Waals surface area contributed by atoms with E-state index in [1.807, 2.05) is 13.1 Å². The standard InChI is InChI=1S/C15H27N5O2/c1-4-15(3,19-6-8-22-9-7-19)12-16-14(21)18-13-10-17-20(5-2)11-13/h10-11H,4-9,12H2,1-3H3,(H2,16,18,21). The molecule has 2 amide bonds. The van der Waals surface area contributed by atoms with E-state index in [1.165, 1.54) is 0 Å². The lowest BCUT2D eigenvalue weighted by Crippen LogP contribution is -2.57. The van der Waals surface area contributed by atoms with Crippen LogP contribution in [0.5, 0.6) is 0 Å². The Morgan fingerprint density at radius 1 is 1.41 bits per heavy atom. The van der Waals surface area contributed by atoms with E-state index in [0.29, 0.717) is 12.2 Å². The molecule has 0 saturated carbocycles. The smallest absolute Gasteiger partial charge is 0.319 e. The number of hydrogen-bond acceptors (Lipinski definition) is 4. The average molecular weight is 309 g/mol. The van der Waals surface area contributed by atoms with Gasteiger partial charge in [-0.15, -0.1) is 0 Å². The molecule has 1 aromatic heterocycles. The number of nitrogens with zero attached hydrogens (tertiary/aromatic N) is 3. The zero-order valence-corrected chi connectivity index (χ0v) is 13.8. The Bertz CT molecular complexity index is 484.